The van der Waals surface area contributed by atoms with Crippen LogP contribution in [-0.2, 0) is 7.05 Å². The summed E-state index contributed by atoms with van der Waals surface area (Å²) in [5.41, 5.74) is 6.76. The molecule has 90 valence electrons. The molecule has 0 fully saturated rings. The highest BCUT2D eigenvalue weighted by Crippen LogP contribution is 2.21. The molecule has 17 heavy (non-hydrogen) atoms. The van der Waals surface area contributed by atoms with Crippen LogP contribution in [-0.4, -0.2) is 14.8 Å². The lowest BCUT2D eigenvalue weighted by Gasteiger charge is -2.08. The summed E-state index contributed by atoms with van der Waals surface area (Å²) in [5, 5.41) is 4.02. The van der Waals surface area contributed by atoms with Gasteiger partial charge in [0.25, 0.3) is 0 Å². The number of nitrogens with zero attached hydrogens (tertiary/aromatic N) is 3. The molecule has 0 aromatic carbocycles. The topological polar surface area (TPSA) is 66.0 Å². The van der Waals surface area contributed by atoms with Crippen molar-refractivity contribution in [1.29, 1.82) is 0 Å². The van der Waals surface area contributed by atoms with Gasteiger partial charge in [0.1, 0.15) is 5.75 Å². The SMILES string of the molecule is CC[C@@H](N)c1ccc(Oc2cnn(C)c2)cn1. The molecule has 5 nitrogen and oxygen atoms in total. The van der Waals surface area contributed by atoms with Crippen molar-refractivity contribution in [2.75, 3.05) is 0 Å². The number of pyridine rings is 1. The number of hydrogen-bond acceptors (Lipinski definition) is 4. The molecule has 0 bridgehead atoms. The molecule has 0 saturated heterocycles. The van der Waals surface area contributed by atoms with Gasteiger partial charge < -0.3 is 10.5 Å². The second-order valence-corrected chi connectivity index (χ2v) is 3.89. The average Bonchev–Trinajstić information content (AvgIpc) is 2.75. The zero-order chi connectivity index (χ0) is 12.3. The van der Waals surface area contributed by atoms with E-state index < -0.39 is 0 Å². The van der Waals surface area contributed by atoms with E-state index in [1.165, 1.54) is 0 Å². The van der Waals surface area contributed by atoms with Gasteiger partial charge in [0, 0.05) is 13.1 Å². The van der Waals surface area contributed by atoms with Crippen molar-refractivity contribution in [1.82, 2.24) is 14.8 Å². The molecule has 0 amide bonds. The average molecular weight is 232 g/mol. The Morgan fingerprint density at radius 2 is 2.18 bits per heavy atom. The van der Waals surface area contributed by atoms with Gasteiger partial charge in [0.2, 0.25) is 0 Å². The van der Waals surface area contributed by atoms with Gasteiger partial charge in [-0.05, 0) is 18.6 Å². The van der Waals surface area contributed by atoms with Crippen molar-refractivity contribution in [3.8, 4) is 11.5 Å². The van der Waals surface area contributed by atoms with E-state index in [4.69, 9.17) is 10.5 Å². The lowest BCUT2D eigenvalue weighted by Crippen LogP contribution is -2.10. The van der Waals surface area contributed by atoms with Crippen molar-refractivity contribution in [3.63, 3.8) is 0 Å². The van der Waals surface area contributed by atoms with Gasteiger partial charge in [-0.15, -0.1) is 0 Å². The van der Waals surface area contributed by atoms with Gasteiger partial charge in [-0.1, -0.05) is 6.92 Å². The molecule has 2 N–H and O–H groups in total. The fraction of sp³-hybridized carbons (Fsp3) is 0.333. The molecular formula is C12H16N4O. The number of hydrogen-bond donors (Lipinski definition) is 1. The minimum Gasteiger partial charge on any atom is -0.452 e. The monoisotopic (exact) mass is 232 g/mol. The standard InChI is InChI=1S/C12H16N4O/c1-3-11(13)12-5-4-9(6-14-12)17-10-7-15-16(2)8-10/h4-8,11H,3,13H2,1-2H3/t11-/m1/s1. The molecule has 0 aliphatic carbocycles. The van der Waals surface area contributed by atoms with Gasteiger partial charge in [0.05, 0.1) is 24.3 Å². The van der Waals surface area contributed by atoms with E-state index in [-0.39, 0.29) is 6.04 Å². The lowest BCUT2D eigenvalue weighted by atomic mass is 10.1. The quantitative estimate of drug-likeness (QED) is 0.875. The first-order chi connectivity index (χ1) is 8.19. The summed E-state index contributed by atoms with van der Waals surface area (Å²) in [6.45, 7) is 2.03. The molecule has 5 heteroatoms. The Balaban J connectivity index is 2.08. The molecule has 0 aliphatic rings. The van der Waals surface area contributed by atoms with E-state index in [9.17, 15) is 0 Å². The number of aromatic nitrogens is 3. The zero-order valence-corrected chi connectivity index (χ0v) is 10.00. The second-order valence-electron chi connectivity index (χ2n) is 3.89. The lowest BCUT2D eigenvalue weighted by molar-refractivity contribution is 0.478. The third-order valence-electron chi connectivity index (χ3n) is 2.50. The van der Waals surface area contributed by atoms with Crippen LogP contribution in [0.25, 0.3) is 0 Å². The van der Waals surface area contributed by atoms with Crippen LogP contribution in [0.15, 0.2) is 30.7 Å². The zero-order valence-electron chi connectivity index (χ0n) is 10.00. The van der Waals surface area contributed by atoms with Crippen molar-refractivity contribution in [2.24, 2.45) is 12.8 Å². The third kappa shape index (κ3) is 2.82. The van der Waals surface area contributed by atoms with Gasteiger partial charge in [0.15, 0.2) is 5.75 Å². The highest BCUT2D eigenvalue weighted by atomic mass is 16.5. The maximum Gasteiger partial charge on any atom is 0.165 e. The summed E-state index contributed by atoms with van der Waals surface area (Å²) in [4.78, 5) is 4.28. The number of nitrogens with two attached hydrogens (primary N) is 1. The van der Waals surface area contributed by atoms with Crippen LogP contribution < -0.4 is 10.5 Å². The molecule has 2 heterocycles. The summed E-state index contributed by atoms with van der Waals surface area (Å²) >= 11 is 0. The molecule has 0 radical (unpaired) electrons. The summed E-state index contributed by atoms with van der Waals surface area (Å²) < 4.78 is 7.27. The van der Waals surface area contributed by atoms with Crippen LogP contribution >= 0.6 is 0 Å². The maximum absolute atomic E-state index is 5.88. The minimum absolute atomic E-state index is 0.0116. The van der Waals surface area contributed by atoms with E-state index in [1.807, 2.05) is 26.1 Å². The van der Waals surface area contributed by atoms with Crippen LogP contribution in [0.5, 0.6) is 11.5 Å². The molecule has 2 aromatic rings. The highest BCUT2D eigenvalue weighted by Gasteiger charge is 2.05. The van der Waals surface area contributed by atoms with Crippen LogP contribution in [0.2, 0.25) is 0 Å². The smallest absolute Gasteiger partial charge is 0.165 e. The van der Waals surface area contributed by atoms with E-state index in [1.54, 1.807) is 23.3 Å². The largest absolute Gasteiger partial charge is 0.452 e. The Bertz CT molecular complexity index is 478. The summed E-state index contributed by atoms with van der Waals surface area (Å²) in [6, 6.07) is 3.74. The fourth-order valence-electron chi connectivity index (χ4n) is 1.47. The van der Waals surface area contributed by atoms with Crippen LogP contribution in [0.4, 0.5) is 0 Å². The van der Waals surface area contributed by atoms with Crippen LogP contribution in [0, 0.1) is 0 Å². The Morgan fingerprint density at radius 1 is 1.35 bits per heavy atom. The van der Waals surface area contributed by atoms with Gasteiger partial charge >= 0.3 is 0 Å². The Labute approximate surface area is 100 Å². The van der Waals surface area contributed by atoms with E-state index in [2.05, 4.69) is 10.1 Å². The van der Waals surface area contributed by atoms with Crippen LogP contribution in [0.1, 0.15) is 25.1 Å². The van der Waals surface area contributed by atoms with Crippen molar-refractivity contribution in [2.45, 2.75) is 19.4 Å². The van der Waals surface area contributed by atoms with Gasteiger partial charge in [-0.2, -0.15) is 5.10 Å². The Hall–Kier alpha value is -1.88. The van der Waals surface area contributed by atoms with Crippen molar-refractivity contribution < 1.29 is 4.74 Å². The van der Waals surface area contributed by atoms with Crippen molar-refractivity contribution >= 4 is 0 Å². The fourth-order valence-corrected chi connectivity index (χ4v) is 1.47. The molecule has 0 spiro atoms. The Kier molecular flexibility index (Phi) is 3.39. The van der Waals surface area contributed by atoms with E-state index >= 15 is 0 Å². The first-order valence-corrected chi connectivity index (χ1v) is 5.57. The third-order valence-corrected chi connectivity index (χ3v) is 2.50. The van der Waals surface area contributed by atoms with E-state index in [0.29, 0.717) is 11.5 Å². The predicted molar refractivity (Wildman–Crippen MR) is 64.7 cm³/mol. The summed E-state index contributed by atoms with van der Waals surface area (Å²) in [6.07, 6.45) is 6.01. The number of ether oxygens (including phenoxy) is 1. The van der Waals surface area contributed by atoms with Crippen molar-refractivity contribution in [3.05, 3.63) is 36.4 Å². The first-order valence-electron chi connectivity index (χ1n) is 5.57. The molecular weight excluding hydrogens is 216 g/mol. The van der Waals surface area contributed by atoms with Crippen LogP contribution in [0.3, 0.4) is 0 Å². The molecule has 0 aliphatic heterocycles. The second kappa shape index (κ2) is 4.97. The molecule has 2 aromatic heterocycles. The maximum atomic E-state index is 5.88. The molecule has 1 atom stereocenters. The Morgan fingerprint density at radius 3 is 2.71 bits per heavy atom. The summed E-state index contributed by atoms with van der Waals surface area (Å²) in [7, 11) is 1.84. The highest BCUT2D eigenvalue weighted by molar-refractivity contribution is 5.27. The minimum atomic E-state index is -0.0116. The normalized spacial score (nSPS) is 12.4. The molecule has 0 saturated carbocycles. The number of aryl methyl sites for hydroxylation is 1. The van der Waals surface area contributed by atoms with E-state index in [0.717, 1.165) is 12.1 Å². The van der Waals surface area contributed by atoms with Gasteiger partial charge in [-0.25, -0.2) is 0 Å². The predicted octanol–water partition coefficient (Wildman–Crippen LogP) is 2.02. The summed E-state index contributed by atoms with van der Waals surface area (Å²) in [5.74, 6) is 1.38. The molecule has 2 rings (SSSR count). The first kappa shape index (κ1) is 11.6. The number of rotatable bonds is 4. The molecule has 0 unspecified atom stereocenters. The van der Waals surface area contributed by atoms with Gasteiger partial charge in [-0.3, -0.25) is 9.67 Å².